The highest BCUT2D eigenvalue weighted by molar-refractivity contribution is 5.31. The van der Waals surface area contributed by atoms with Gasteiger partial charge in [0.25, 0.3) is 0 Å². The molecule has 1 saturated heterocycles. The van der Waals surface area contributed by atoms with Crippen LogP contribution in [0.4, 0.5) is 0 Å². The fourth-order valence-corrected chi connectivity index (χ4v) is 4.11. The van der Waals surface area contributed by atoms with E-state index in [1.54, 1.807) is 4.90 Å². The molecule has 1 heterocycles. The summed E-state index contributed by atoms with van der Waals surface area (Å²) in [7, 11) is 0. The number of aryl methyl sites for hydroxylation is 1. The molecule has 0 spiro atoms. The molecule has 23 heavy (non-hydrogen) atoms. The van der Waals surface area contributed by atoms with Gasteiger partial charge >= 0.3 is 0 Å². The molecule has 3 rings (SSSR count). The van der Waals surface area contributed by atoms with Gasteiger partial charge < -0.3 is 14.7 Å². The summed E-state index contributed by atoms with van der Waals surface area (Å²) in [6, 6.07) is 8.61. The van der Waals surface area contributed by atoms with Gasteiger partial charge in [0, 0.05) is 0 Å². The lowest BCUT2D eigenvalue weighted by atomic mass is 9.89. The van der Waals surface area contributed by atoms with Crippen LogP contribution < -0.4 is 4.90 Å². The van der Waals surface area contributed by atoms with Crippen LogP contribution >= 0.6 is 0 Å². The molecule has 1 aliphatic heterocycles. The number of rotatable bonds is 5. The third-order valence-corrected chi connectivity index (χ3v) is 5.39. The predicted octanol–water partition coefficient (Wildman–Crippen LogP) is 2.29. The standard InChI is InChI=1S/C20H31NO2/c22-18(15-21-13-6-2-1-3-7-14-21)16-23-20-12-8-10-17-9-4-5-11-19(17)20/h4-5,9,11,18,20,22H,1-3,6-8,10,12-16H2/p+1/t18-,20+/m0/s1. The third kappa shape index (κ3) is 5.03. The third-order valence-electron chi connectivity index (χ3n) is 5.39. The number of ether oxygens (including phenoxy) is 1. The van der Waals surface area contributed by atoms with Gasteiger partial charge in [0.15, 0.2) is 0 Å². The van der Waals surface area contributed by atoms with Crippen molar-refractivity contribution in [1.82, 2.24) is 0 Å². The number of nitrogens with one attached hydrogen (secondary N) is 1. The Bertz CT molecular complexity index is 468. The molecule has 0 unspecified atom stereocenters. The van der Waals surface area contributed by atoms with Gasteiger partial charge in [0.2, 0.25) is 0 Å². The fourth-order valence-electron chi connectivity index (χ4n) is 4.11. The zero-order valence-electron chi connectivity index (χ0n) is 14.3. The summed E-state index contributed by atoms with van der Waals surface area (Å²) < 4.78 is 6.11. The van der Waals surface area contributed by atoms with E-state index in [0.29, 0.717) is 6.61 Å². The first-order chi connectivity index (χ1) is 11.3. The molecule has 2 N–H and O–H groups in total. The molecule has 0 aromatic heterocycles. The molecule has 0 saturated carbocycles. The first kappa shape index (κ1) is 16.9. The molecule has 0 bridgehead atoms. The maximum Gasteiger partial charge on any atom is 0.126 e. The van der Waals surface area contributed by atoms with Crippen molar-refractivity contribution in [2.45, 2.75) is 63.6 Å². The Morgan fingerprint density at radius 1 is 1.04 bits per heavy atom. The van der Waals surface area contributed by atoms with Gasteiger partial charge in [0.1, 0.15) is 12.6 Å². The highest BCUT2D eigenvalue weighted by Crippen LogP contribution is 2.32. The topological polar surface area (TPSA) is 33.9 Å². The zero-order chi connectivity index (χ0) is 15.9. The summed E-state index contributed by atoms with van der Waals surface area (Å²) in [4.78, 5) is 1.56. The number of quaternary nitrogens is 1. The van der Waals surface area contributed by atoms with Crippen molar-refractivity contribution in [3.63, 3.8) is 0 Å². The van der Waals surface area contributed by atoms with Crippen LogP contribution in [0.15, 0.2) is 24.3 Å². The van der Waals surface area contributed by atoms with Crippen LogP contribution in [-0.4, -0.2) is 37.5 Å². The maximum atomic E-state index is 10.4. The Morgan fingerprint density at radius 3 is 2.61 bits per heavy atom. The molecule has 3 nitrogen and oxygen atoms in total. The minimum absolute atomic E-state index is 0.178. The molecule has 1 aliphatic carbocycles. The van der Waals surface area contributed by atoms with Crippen LogP contribution in [0.25, 0.3) is 0 Å². The van der Waals surface area contributed by atoms with Gasteiger partial charge in [-0.2, -0.15) is 0 Å². The van der Waals surface area contributed by atoms with E-state index in [0.717, 1.165) is 19.4 Å². The first-order valence-corrected chi connectivity index (χ1v) is 9.54. The minimum Gasteiger partial charge on any atom is -0.385 e. The highest BCUT2D eigenvalue weighted by Gasteiger charge is 2.22. The summed E-state index contributed by atoms with van der Waals surface area (Å²) in [6.07, 6.45) is 9.99. The molecule has 2 aliphatic rings. The Kier molecular flexibility index (Phi) is 6.49. The predicted molar refractivity (Wildman–Crippen MR) is 92.7 cm³/mol. The average molecular weight is 318 g/mol. The van der Waals surface area contributed by atoms with Gasteiger partial charge in [-0.3, -0.25) is 0 Å². The Balaban J connectivity index is 1.46. The van der Waals surface area contributed by atoms with Crippen LogP contribution in [0.3, 0.4) is 0 Å². The number of hydrogen-bond acceptors (Lipinski definition) is 2. The number of likely N-dealkylation sites (tertiary alicyclic amines) is 1. The van der Waals surface area contributed by atoms with E-state index in [-0.39, 0.29) is 12.2 Å². The maximum absolute atomic E-state index is 10.4. The van der Waals surface area contributed by atoms with Gasteiger partial charge in [0.05, 0.1) is 25.8 Å². The molecule has 1 fully saturated rings. The van der Waals surface area contributed by atoms with Crippen LogP contribution in [0.1, 0.15) is 62.2 Å². The van der Waals surface area contributed by atoms with E-state index in [1.165, 1.54) is 62.7 Å². The fraction of sp³-hybridized carbons (Fsp3) is 0.700. The minimum atomic E-state index is -0.335. The molecule has 0 amide bonds. The molecule has 0 radical (unpaired) electrons. The second kappa shape index (κ2) is 8.81. The van der Waals surface area contributed by atoms with E-state index in [4.69, 9.17) is 4.74 Å². The number of aliphatic hydroxyl groups excluding tert-OH is 1. The van der Waals surface area contributed by atoms with Crippen molar-refractivity contribution in [2.75, 3.05) is 26.2 Å². The van der Waals surface area contributed by atoms with Crippen molar-refractivity contribution < 1.29 is 14.7 Å². The van der Waals surface area contributed by atoms with E-state index in [2.05, 4.69) is 24.3 Å². The SMILES string of the molecule is O[C@H](CO[C@@H]1CCCc2ccccc21)C[NH+]1CCCCCCC1. The number of benzene rings is 1. The van der Waals surface area contributed by atoms with E-state index in [1.807, 2.05) is 0 Å². The quantitative estimate of drug-likeness (QED) is 0.873. The lowest BCUT2D eigenvalue weighted by Crippen LogP contribution is -3.13. The van der Waals surface area contributed by atoms with E-state index >= 15 is 0 Å². The second-order valence-electron chi connectivity index (χ2n) is 7.29. The Hall–Kier alpha value is -0.900. The Morgan fingerprint density at radius 2 is 1.78 bits per heavy atom. The van der Waals surface area contributed by atoms with E-state index < -0.39 is 0 Å². The summed E-state index contributed by atoms with van der Waals surface area (Å²) >= 11 is 0. The highest BCUT2D eigenvalue weighted by atomic mass is 16.5. The van der Waals surface area contributed by atoms with Crippen LogP contribution in [0.5, 0.6) is 0 Å². The number of hydrogen-bond donors (Lipinski definition) is 2. The second-order valence-corrected chi connectivity index (χ2v) is 7.29. The largest absolute Gasteiger partial charge is 0.385 e. The Labute approximate surface area is 140 Å². The number of fused-ring (bicyclic) bond motifs is 1. The van der Waals surface area contributed by atoms with Gasteiger partial charge in [-0.25, -0.2) is 0 Å². The summed E-state index contributed by atoms with van der Waals surface area (Å²) in [5, 5.41) is 10.4. The average Bonchev–Trinajstić information content (AvgIpc) is 2.55. The molecule has 1 aromatic carbocycles. The molecule has 1 aromatic rings. The lowest BCUT2D eigenvalue weighted by Gasteiger charge is -2.28. The molecule has 128 valence electrons. The zero-order valence-corrected chi connectivity index (χ0v) is 14.3. The molecule has 2 atom stereocenters. The van der Waals surface area contributed by atoms with Crippen molar-refractivity contribution in [3.8, 4) is 0 Å². The lowest BCUT2D eigenvalue weighted by molar-refractivity contribution is -0.904. The first-order valence-electron chi connectivity index (χ1n) is 9.54. The normalized spacial score (nSPS) is 24.5. The smallest absolute Gasteiger partial charge is 0.126 e. The van der Waals surface area contributed by atoms with Crippen LogP contribution in [0, 0.1) is 0 Å². The van der Waals surface area contributed by atoms with Gasteiger partial charge in [-0.1, -0.05) is 30.7 Å². The molecular weight excluding hydrogens is 286 g/mol. The van der Waals surface area contributed by atoms with Gasteiger partial charge in [-0.05, 0) is 56.1 Å². The van der Waals surface area contributed by atoms with E-state index in [9.17, 15) is 5.11 Å². The summed E-state index contributed by atoms with van der Waals surface area (Å²) in [5.41, 5.74) is 2.76. The molecule has 3 heteroatoms. The monoisotopic (exact) mass is 318 g/mol. The van der Waals surface area contributed by atoms with Crippen molar-refractivity contribution in [1.29, 1.82) is 0 Å². The van der Waals surface area contributed by atoms with Crippen LogP contribution in [0.2, 0.25) is 0 Å². The molecular formula is C20H32NO2+. The van der Waals surface area contributed by atoms with Crippen molar-refractivity contribution >= 4 is 0 Å². The summed E-state index contributed by atoms with van der Waals surface area (Å²) in [6.45, 7) is 3.74. The summed E-state index contributed by atoms with van der Waals surface area (Å²) in [5.74, 6) is 0. The van der Waals surface area contributed by atoms with Crippen molar-refractivity contribution in [2.24, 2.45) is 0 Å². The number of aliphatic hydroxyl groups is 1. The van der Waals surface area contributed by atoms with Crippen molar-refractivity contribution in [3.05, 3.63) is 35.4 Å². The van der Waals surface area contributed by atoms with Crippen LogP contribution in [-0.2, 0) is 11.2 Å². The van der Waals surface area contributed by atoms with Gasteiger partial charge in [-0.15, -0.1) is 0 Å².